The van der Waals surface area contributed by atoms with E-state index in [1.165, 1.54) is 11.3 Å². The molecule has 0 atom stereocenters. The van der Waals surface area contributed by atoms with Crippen LogP contribution in [0.2, 0.25) is 0 Å². The Balaban J connectivity index is 1.88. The number of unbranched alkanes of at least 4 members (excludes halogenated alkanes) is 1. The first-order chi connectivity index (χ1) is 11.3. The third kappa shape index (κ3) is 3.50. The van der Waals surface area contributed by atoms with Crippen LogP contribution in [0.3, 0.4) is 0 Å². The molecular formula is C18H25N3O2. The lowest BCUT2D eigenvalue weighted by molar-refractivity contribution is 0.273. The van der Waals surface area contributed by atoms with E-state index in [0.717, 1.165) is 61.7 Å². The minimum absolute atomic E-state index is 0.619. The van der Waals surface area contributed by atoms with Gasteiger partial charge >= 0.3 is 0 Å². The number of ether oxygens (including phenoxy) is 2. The van der Waals surface area contributed by atoms with Crippen molar-refractivity contribution in [2.75, 3.05) is 19.8 Å². The van der Waals surface area contributed by atoms with Crippen molar-refractivity contribution in [3.05, 3.63) is 29.5 Å². The molecule has 0 bridgehead atoms. The predicted molar refractivity (Wildman–Crippen MR) is 91.0 cm³/mol. The summed E-state index contributed by atoms with van der Waals surface area (Å²) in [6, 6.07) is 6.10. The summed E-state index contributed by atoms with van der Waals surface area (Å²) >= 11 is 0. The van der Waals surface area contributed by atoms with Crippen LogP contribution in [0.15, 0.2) is 18.2 Å². The first-order valence-corrected chi connectivity index (χ1v) is 8.50. The van der Waals surface area contributed by atoms with Crippen LogP contribution in [0.1, 0.15) is 37.9 Å². The Hall–Kier alpha value is -2.01. The number of hydrogen-bond acceptors (Lipinski definition) is 4. The molecule has 0 aliphatic carbocycles. The minimum atomic E-state index is 0.619. The van der Waals surface area contributed by atoms with Crippen molar-refractivity contribution in [3.63, 3.8) is 0 Å². The summed E-state index contributed by atoms with van der Waals surface area (Å²) < 4.78 is 11.6. The highest BCUT2D eigenvalue weighted by molar-refractivity contribution is 5.68. The molecule has 2 N–H and O–H groups in total. The van der Waals surface area contributed by atoms with E-state index in [-0.39, 0.29) is 0 Å². The number of nitrogens with zero attached hydrogens (tertiary/aromatic N) is 1. The van der Waals surface area contributed by atoms with Crippen molar-refractivity contribution in [1.82, 2.24) is 15.5 Å². The smallest absolute Gasteiger partial charge is 0.161 e. The molecule has 23 heavy (non-hydrogen) atoms. The fraction of sp³-hybridized carbons (Fsp3) is 0.500. The summed E-state index contributed by atoms with van der Waals surface area (Å²) in [5.41, 5.74) is 4.57. The Bertz CT molecular complexity index is 652. The van der Waals surface area contributed by atoms with E-state index in [4.69, 9.17) is 9.47 Å². The summed E-state index contributed by atoms with van der Waals surface area (Å²) in [4.78, 5) is 0. The van der Waals surface area contributed by atoms with Crippen LogP contribution in [0.25, 0.3) is 11.3 Å². The van der Waals surface area contributed by atoms with Gasteiger partial charge in [-0.15, -0.1) is 0 Å². The molecule has 1 aliphatic heterocycles. The van der Waals surface area contributed by atoms with Gasteiger partial charge in [0.2, 0.25) is 0 Å². The molecule has 0 spiro atoms. The van der Waals surface area contributed by atoms with E-state index in [1.807, 2.05) is 19.1 Å². The van der Waals surface area contributed by atoms with Gasteiger partial charge in [0.15, 0.2) is 11.5 Å². The lowest BCUT2D eigenvalue weighted by Crippen LogP contribution is -2.23. The monoisotopic (exact) mass is 315 g/mol. The maximum absolute atomic E-state index is 5.85. The van der Waals surface area contributed by atoms with Gasteiger partial charge in [-0.3, -0.25) is 5.10 Å². The maximum Gasteiger partial charge on any atom is 0.161 e. The summed E-state index contributed by atoms with van der Waals surface area (Å²) in [6.45, 7) is 7.35. The van der Waals surface area contributed by atoms with Crippen LogP contribution in [0.4, 0.5) is 0 Å². The van der Waals surface area contributed by atoms with Crippen molar-refractivity contribution >= 4 is 0 Å². The Kier molecular flexibility index (Phi) is 5.18. The van der Waals surface area contributed by atoms with Gasteiger partial charge in [0, 0.05) is 36.3 Å². The molecule has 1 aromatic heterocycles. The number of benzene rings is 1. The van der Waals surface area contributed by atoms with Gasteiger partial charge < -0.3 is 14.8 Å². The van der Waals surface area contributed by atoms with Crippen molar-refractivity contribution < 1.29 is 9.47 Å². The summed E-state index contributed by atoms with van der Waals surface area (Å²) in [5, 5.41) is 11.1. The molecular weight excluding hydrogens is 290 g/mol. The lowest BCUT2D eigenvalue weighted by atomic mass is 10.0. The Morgan fingerprint density at radius 3 is 2.91 bits per heavy atom. The number of rotatable bonds is 7. The Labute approximate surface area is 137 Å². The fourth-order valence-corrected chi connectivity index (χ4v) is 2.83. The number of fused-ring (bicyclic) bond motifs is 1. The van der Waals surface area contributed by atoms with Crippen molar-refractivity contribution in [2.45, 2.75) is 39.7 Å². The number of nitrogens with one attached hydrogen (secondary N) is 2. The summed E-state index contributed by atoms with van der Waals surface area (Å²) in [7, 11) is 0. The van der Waals surface area contributed by atoms with Gasteiger partial charge in [-0.1, -0.05) is 13.3 Å². The van der Waals surface area contributed by atoms with Crippen LogP contribution in [0.5, 0.6) is 11.5 Å². The molecule has 2 heterocycles. The average molecular weight is 315 g/mol. The molecule has 5 nitrogen and oxygen atoms in total. The number of aromatic amines is 1. The van der Waals surface area contributed by atoms with Crippen molar-refractivity contribution in [2.24, 2.45) is 0 Å². The van der Waals surface area contributed by atoms with Crippen molar-refractivity contribution in [3.8, 4) is 22.8 Å². The van der Waals surface area contributed by atoms with E-state index < -0.39 is 0 Å². The second-order valence-corrected chi connectivity index (χ2v) is 5.75. The second kappa shape index (κ2) is 7.51. The highest BCUT2D eigenvalue weighted by atomic mass is 16.5. The van der Waals surface area contributed by atoms with Crippen molar-refractivity contribution in [1.29, 1.82) is 0 Å². The predicted octanol–water partition coefficient (Wildman–Crippen LogP) is 3.30. The van der Waals surface area contributed by atoms with Crippen LogP contribution in [-0.4, -0.2) is 30.0 Å². The van der Waals surface area contributed by atoms with Crippen LogP contribution < -0.4 is 14.8 Å². The normalized spacial score (nSPS) is 13.7. The molecule has 0 saturated heterocycles. The topological polar surface area (TPSA) is 59.2 Å². The van der Waals surface area contributed by atoms with Gasteiger partial charge in [0.05, 0.1) is 18.9 Å². The van der Waals surface area contributed by atoms with Gasteiger partial charge in [-0.25, -0.2) is 0 Å². The molecule has 1 aromatic carbocycles. The summed E-state index contributed by atoms with van der Waals surface area (Å²) in [5.74, 6) is 1.60. The van der Waals surface area contributed by atoms with Gasteiger partial charge in [0.1, 0.15) is 0 Å². The zero-order valence-electron chi connectivity index (χ0n) is 13.9. The average Bonchev–Trinajstić information content (AvgIpc) is 3.01. The third-order valence-corrected chi connectivity index (χ3v) is 4.08. The van der Waals surface area contributed by atoms with E-state index in [0.29, 0.717) is 6.61 Å². The maximum atomic E-state index is 5.85. The van der Waals surface area contributed by atoms with Crippen LogP contribution >= 0.6 is 0 Å². The molecule has 0 saturated carbocycles. The van der Waals surface area contributed by atoms with Gasteiger partial charge in [-0.05, 0) is 31.5 Å². The first kappa shape index (κ1) is 15.9. The molecule has 0 amide bonds. The zero-order chi connectivity index (χ0) is 16.1. The van der Waals surface area contributed by atoms with Gasteiger partial charge in [-0.2, -0.15) is 5.10 Å². The Morgan fingerprint density at radius 1 is 1.17 bits per heavy atom. The number of H-pyrrole nitrogens is 1. The van der Waals surface area contributed by atoms with E-state index in [1.54, 1.807) is 0 Å². The number of hydrogen-bond donors (Lipinski definition) is 2. The molecule has 124 valence electrons. The highest BCUT2D eigenvalue weighted by Gasteiger charge is 2.19. The Morgan fingerprint density at radius 2 is 2.09 bits per heavy atom. The highest BCUT2D eigenvalue weighted by Crippen LogP contribution is 2.34. The molecule has 0 radical (unpaired) electrons. The molecule has 2 aromatic rings. The SMILES string of the molecule is CCCCOc1ccc(-c2n[nH]c3c2CNCC3)cc1OCC. The standard InChI is InChI=1S/C18H25N3O2/c1-3-5-10-23-16-7-6-13(11-17(16)22-4-2)18-14-12-19-9-8-15(14)20-21-18/h6-7,11,19H,3-5,8-10,12H2,1-2H3,(H,20,21). The minimum Gasteiger partial charge on any atom is -0.490 e. The molecule has 0 unspecified atom stereocenters. The zero-order valence-corrected chi connectivity index (χ0v) is 13.9. The number of aromatic nitrogens is 2. The largest absolute Gasteiger partial charge is 0.490 e. The van der Waals surface area contributed by atoms with E-state index in [2.05, 4.69) is 28.5 Å². The summed E-state index contributed by atoms with van der Waals surface area (Å²) in [6.07, 6.45) is 3.17. The molecule has 3 rings (SSSR count). The lowest BCUT2D eigenvalue weighted by Gasteiger charge is -2.15. The van der Waals surface area contributed by atoms with E-state index in [9.17, 15) is 0 Å². The second-order valence-electron chi connectivity index (χ2n) is 5.75. The fourth-order valence-electron chi connectivity index (χ4n) is 2.83. The van der Waals surface area contributed by atoms with Crippen LogP contribution in [0, 0.1) is 0 Å². The van der Waals surface area contributed by atoms with E-state index >= 15 is 0 Å². The van der Waals surface area contributed by atoms with Gasteiger partial charge in [0.25, 0.3) is 0 Å². The molecule has 1 aliphatic rings. The van der Waals surface area contributed by atoms with Crippen LogP contribution in [-0.2, 0) is 13.0 Å². The third-order valence-electron chi connectivity index (χ3n) is 4.08. The molecule has 0 fully saturated rings. The first-order valence-electron chi connectivity index (χ1n) is 8.50. The molecule has 5 heteroatoms. The quantitative estimate of drug-likeness (QED) is 0.770.